The molecule has 6 heteroatoms. The molecule has 0 saturated carbocycles. The molecule has 0 spiro atoms. The van der Waals surface area contributed by atoms with Gasteiger partial charge in [0.05, 0.1) is 12.5 Å². The fourth-order valence-corrected chi connectivity index (χ4v) is 3.29. The quantitative estimate of drug-likeness (QED) is 0.872. The van der Waals surface area contributed by atoms with Crippen molar-refractivity contribution in [2.45, 2.75) is 19.3 Å². The van der Waals surface area contributed by atoms with Gasteiger partial charge in [0.1, 0.15) is 0 Å². The summed E-state index contributed by atoms with van der Waals surface area (Å²) in [5.74, 6) is -0.168. The van der Waals surface area contributed by atoms with Gasteiger partial charge in [-0.15, -0.1) is 0 Å². The lowest BCUT2D eigenvalue weighted by Crippen LogP contribution is -2.41. The maximum atomic E-state index is 12.5. The molecule has 0 aromatic heterocycles. The topological polar surface area (TPSA) is 73.2 Å². The second-order valence-electron chi connectivity index (χ2n) is 6.59. The molecule has 2 aromatic rings. The number of amides is 2. The van der Waals surface area contributed by atoms with E-state index in [0.717, 1.165) is 11.3 Å². The minimum Gasteiger partial charge on any atom is -0.339 e. The van der Waals surface area contributed by atoms with Crippen LogP contribution in [0.5, 0.6) is 0 Å². The maximum absolute atomic E-state index is 12.5. The highest BCUT2D eigenvalue weighted by molar-refractivity contribution is 6.30. The highest BCUT2D eigenvalue weighted by Crippen LogP contribution is 2.22. The summed E-state index contributed by atoms with van der Waals surface area (Å²) >= 11 is 5.86. The molecule has 1 heterocycles. The van der Waals surface area contributed by atoms with Gasteiger partial charge in [-0.3, -0.25) is 9.59 Å². The van der Waals surface area contributed by atoms with E-state index in [4.69, 9.17) is 16.9 Å². The number of anilines is 1. The Morgan fingerprint density at radius 2 is 1.70 bits per heavy atom. The van der Waals surface area contributed by atoms with Crippen LogP contribution in [-0.4, -0.2) is 29.8 Å². The average Bonchev–Trinajstić information content (AvgIpc) is 2.70. The Hall–Kier alpha value is -2.84. The van der Waals surface area contributed by atoms with Crippen LogP contribution in [0.2, 0.25) is 5.02 Å². The predicted molar refractivity (Wildman–Crippen MR) is 104 cm³/mol. The van der Waals surface area contributed by atoms with Crippen molar-refractivity contribution in [2.24, 2.45) is 5.92 Å². The van der Waals surface area contributed by atoms with Gasteiger partial charge in [0.15, 0.2) is 0 Å². The molecule has 2 aromatic carbocycles. The van der Waals surface area contributed by atoms with E-state index >= 15 is 0 Å². The Bertz CT molecular complexity index is 848. The van der Waals surface area contributed by atoms with Gasteiger partial charge in [0, 0.05) is 35.3 Å². The summed E-state index contributed by atoms with van der Waals surface area (Å²) in [5, 5.41) is 12.2. The minimum absolute atomic E-state index is 0.0263. The Morgan fingerprint density at radius 3 is 2.30 bits per heavy atom. The molecular weight excluding hydrogens is 362 g/mol. The van der Waals surface area contributed by atoms with Crippen LogP contribution in [0.1, 0.15) is 28.8 Å². The fraction of sp³-hybridized carbons (Fsp3) is 0.286. The Labute approximate surface area is 163 Å². The monoisotopic (exact) mass is 381 g/mol. The Balaban J connectivity index is 1.52. The zero-order valence-corrected chi connectivity index (χ0v) is 15.6. The number of likely N-dealkylation sites (tertiary alicyclic amines) is 1. The van der Waals surface area contributed by atoms with Crippen molar-refractivity contribution in [1.29, 1.82) is 5.26 Å². The van der Waals surface area contributed by atoms with Crippen LogP contribution >= 0.6 is 11.6 Å². The van der Waals surface area contributed by atoms with Gasteiger partial charge in [0.2, 0.25) is 5.91 Å². The summed E-state index contributed by atoms with van der Waals surface area (Å²) in [6, 6.07) is 16.2. The summed E-state index contributed by atoms with van der Waals surface area (Å²) in [6.45, 7) is 1.11. The number of hydrogen-bond acceptors (Lipinski definition) is 3. The van der Waals surface area contributed by atoms with Gasteiger partial charge in [-0.1, -0.05) is 23.7 Å². The maximum Gasteiger partial charge on any atom is 0.253 e. The summed E-state index contributed by atoms with van der Waals surface area (Å²) in [4.78, 5) is 26.8. The SMILES string of the molecule is N#CCc1ccc(NC(=O)C2CCN(C(=O)c3ccc(Cl)cc3)CC2)cc1. The molecule has 1 N–H and O–H groups in total. The molecule has 0 unspecified atom stereocenters. The second-order valence-corrected chi connectivity index (χ2v) is 7.03. The zero-order valence-electron chi connectivity index (χ0n) is 14.8. The molecule has 1 aliphatic rings. The standard InChI is InChI=1S/C21H20ClN3O2/c22-18-5-3-17(4-6-18)21(27)25-13-10-16(11-14-25)20(26)24-19-7-1-15(2-8-19)9-12-23/h1-8,16H,9-11,13-14H2,(H,24,26). The van der Waals surface area contributed by atoms with Crippen LogP contribution in [0.25, 0.3) is 0 Å². The fourth-order valence-electron chi connectivity index (χ4n) is 3.16. The molecule has 1 saturated heterocycles. The molecule has 1 aliphatic heterocycles. The van der Waals surface area contributed by atoms with Crippen LogP contribution < -0.4 is 5.32 Å². The molecule has 138 valence electrons. The van der Waals surface area contributed by atoms with Crippen molar-refractivity contribution in [2.75, 3.05) is 18.4 Å². The molecule has 3 rings (SSSR count). The van der Waals surface area contributed by atoms with Gasteiger partial charge >= 0.3 is 0 Å². The van der Waals surface area contributed by atoms with Crippen molar-refractivity contribution < 1.29 is 9.59 Å². The van der Waals surface area contributed by atoms with Gasteiger partial charge in [0.25, 0.3) is 5.91 Å². The molecule has 0 radical (unpaired) electrons. The number of hydrogen-bond donors (Lipinski definition) is 1. The molecule has 1 fully saturated rings. The molecule has 5 nitrogen and oxygen atoms in total. The van der Waals surface area contributed by atoms with Crippen LogP contribution in [0, 0.1) is 17.2 Å². The number of halogens is 1. The molecular formula is C21H20ClN3O2. The van der Waals surface area contributed by atoms with Crippen LogP contribution in [0.4, 0.5) is 5.69 Å². The predicted octanol–water partition coefficient (Wildman–Crippen LogP) is 3.90. The van der Waals surface area contributed by atoms with E-state index in [1.807, 2.05) is 24.3 Å². The number of nitriles is 1. The highest BCUT2D eigenvalue weighted by atomic mass is 35.5. The number of piperidine rings is 1. The number of carbonyl (C=O) groups is 2. The van der Waals surface area contributed by atoms with E-state index in [2.05, 4.69) is 11.4 Å². The number of nitrogens with one attached hydrogen (secondary N) is 1. The van der Waals surface area contributed by atoms with Gasteiger partial charge in [-0.2, -0.15) is 5.26 Å². The zero-order chi connectivity index (χ0) is 19.2. The van der Waals surface area contributed by atoms with Crippen molar-refractivity contribution in [1.82, 2.24) is 4.90 Å². The molecule has 27 heavy (non-hydrogen) atoms. The number of carbonyl (C=O) groups excluding carboxylic acids is 2. The number of rotatable bonds is 4. The summed E-state index contributed by atoms with van der Waals surface area (Å²) in [5.41, 5.74) is 2.26. The second kappa shape index (κ2) is 8.70. The summed E-state index contributed by atoms with van der Waals surface area (Å²) < 4.78 is 0. The highest BCUT2D eigenvalue weighted by Gasteiger charge is 2.27. The Kier molecular flexibility index (Phi) is 6.10. The van der Waals surface area contributed by atoms with Crippen LogP contribution in [0.3, 0.4) is 0 Å². The third kappa shape index (κ3) is 4.87. The van der Waals surface area contributed by atoms with Gasteiger partial charge in [-0.25, -0.2) is 0 Å². The van der Waals surface area contributed by atoms with E-state index in [-0.39, 0.29) is 17.7 Å². The van der Waals surface area contributed by atoms with E-state index in [0.29, 0.717) is 42.9 Å². The lowest BCUT2D eigenvalue weighted by Gasteiger charge is -2.31. The summed E-state index contributed by atoms with van der Waals surface area (Å²) in [7, 11) is 0. The molecule has 0 atom stereocenters. The summed E-state index contributed by atoms with van der Waals surface area (Å²) in [6.07, 6.45) is 1.63. The molecule has 0 aliphatic carbocycles. The molecule has 2 amide bonds. The average molecular weight is 382 g/mol. The lowest BCUT2D eigenvalue weighted by atomic mass is 9.95. The van der Waals surface area contributed by atoms with Crippen LogP contribution in [-0.2, 0) is 11.2 Å². The van der Waals surface area contributed by atoms with E-state index in [1.165, 1.54) is 0 Å². The first-order valence-corrected chi connectivity index (χ1v) is 9.26. The van der Waals surface area contributed by atoms with E-state index in [1.54, 1.807) is 29.2 Å². The number of nitrogens with zero attached hydrogens (tertiary/aromatic N) is 2. The van der Waals surface area contributed by atoms with Crippen molar-refractivity contribution in [3.63, 3.8) is 0 Å². The van der Waals surface area contributed by atoms with Crippen LogP contribution in [0.15, 0.2) is 48.5 Å². The normalized spacial score (nSPS) is 14.4. The van der Waals surface area contributed by atoms with Crippen molar-refractivity contribution >= 4 is 29.1 Å². The third-order valence-electron chi connectivity index (χ3n) is 4.75. The van der Waals surface area contributed by atoms with E-state index < -0.39 is 0 Å². The van der Waals surface area contributed by atoms with Crippen molar-refractivity contribution in [3.05, 3.63) is 64.7 Å². The van der Waals surface area contributed by atoms with E-state index in [9.17, 15) is 9.59 Å². The first-order valence-electron chi connectivity index (χ1n) is 8.88. The first kappa shape index (κ1) is 18.9. The number of benzene rings is 2. The van der Waals surface area contributed by atoms with Gasteiger partial charge < -0.3 is 10.2 Å². The van der Waals surface area contributed by atoms with Gasteiger partial charge in [-0.05, 0) is 54.8 Å². The smallest absolute Gasteiger partial charge is 0.253 e. The largest absolute Gasteiger partial charge is 0.339 e. The Morgan fingerprint density at radius 1 is 1.07 bits per heavy atom. The molecule has 0 bridgehead atoms. The third-order valence-corrected chi connectivity index (χ3v) is 5.00. The first-order chi connectivity index (χ1) is 13.1. The van der Waals surface area contributed by atoms with Crippen molar-refractivity contribution in [3.8, 4) is 6.07 Å². The minimum atomic E-state index is -0.113. The lowest BCUT2D eigenvalue weighted by molar-refractivity contribution is -0.121.